The summed E-state index contributed by atoms with van der Waals surface area (Å²) in [5.74, 6) is -0.255. The average molecular weight is 481 g/mol. The molecule has 0 aliphatic rings. The molecule has 2 aromatic carbocycles. The van der Waals surface area contributed by atoms with Gasteiger partial charge in [0.25, 0.3) is 0 Å². The molecular formula is C20H21ClN4O4S2. The van der Waals surface area contributed by atoms with E-state index >= 15 is 0 Å². The van der Waals surface area contributed by atoms with Crippen LogP contribution in [-0.2, 0) is 14.8 Å². The Kier molecular flexibility index (Phi) is 7.14. The largest absolute Gasteiger partial charge is 0.495 e. The molecule has 0 aliphatic heterocycles. The predicted octanol–water partition coefficient (Wildman–Crippen LogP) is 4.05. The third-order valence-electron chi connectivity index (χ3n) is 4.38. The maximum Gasteiger partial charge on any atom is 0.250 e. The van der Waals surface area contributed by atoms with Crippen molar-refractivity contribution in [2.75, 3.05) is 23.0 Å². The van der Waals surface area contributed by atoms with E-state index in [9.17, 15) is 13.2 Å². The van der Waals surface area contributed by atoms with Gasteiger partial charge in [-0.2, -0.15) is 0 Å². The van der Waals surface area contributed by atoms with Crippen LogP contribution in [0.1, 0.15) is 13.3 Å². The van der Waals surface area contributed by atoms with Gasteiger partial charge in [0.1, 0.15) is 16.8 Å². The van der Waals surface area contributed by atoms with Crippen molar-refractivity contribution in [3.05, 3.63) is 53.6 Å². The first-order chi connectivity index (χ1) is 14.7. The Hall–Kier alpha value is -2.69. The smallest absolute Gasteiger partial charge is 0.250 e. The number of hydrogen-bond acceptors (Lipinski definition) is 7. The Morgan fingerprint density at radius 1 is 1.23 bits per heavy atom. The number of methoxy groups -OCH3 is 1. The fourth-order valence-electron chi connectivity index (χ4n) is 3.03. The van der Waals surface area contributed by atoms with E-state index in [1.165, 1.54) is 24.5 Å². The molecule has 0 aliphatic carbocycles. The van der Waals surface area contributed by atoms with Crippen LogP contribution in [0.4, 0.5) is 10.8 Å². The van der Waals surface area contributed by atoms with E-state index in [2.05, 4.69) is 15.5 Å². The summed E-state index contributed by atoms with van der Waals surface area (Å²) in [6.45, 7) is 1.72. The Morgan fingerprint density at radius 3 is 2.55 bits per heavy atom. The van der Waals surface area contributed by atoms with Crippen LogP contribution in [0.2, 0.25) is 5.02 Å². The van der Waals surface area contributed by atoms with Gasteiger partial charge >= 0.3 is 0 Å². The number of nitrogens with zero attached hydrogens (tertiary/aromatic N) is 3. The molecule has 31 heavy (non-hydrogen) atoms. The number of aromatic nitrogens is 2. The number of hydrogen-bond donors (Lipinski definition) is 1. The van der Waals surface area contributed by atoms with Crippen LogP contribution in [0.5, 0.6) is 5.75 Å². The van der Waals surface area contributed by atoms with Crippen LogP contribution in [0, 0.1) is 0 Å². The SMILES string of the molecule is CC[C@H](C(=O)Nc1nnc(-c2ccccc2)s1)N(c1cc(Cl)ccc1OC)S(C)(=O)=O. The molecule has 0 saturated heterocycles. The molecule has 1 heterocycles. The highest BCUT2D eigenvalue weighted by molar-refractivity contribution is 7.92. The zero-order valence-corrected chi connectivity index (χ0v) is 19.5. The van der Waals surface area contributed by atoms with Gasteiger partial charge in [0.15, 0.2) is 0 Å². The predicted molar refractivity (Wildman–Crippen MR) is 123 cm³/mol. The van der Waals surface area contributed by atoms with Crippen molar-refractivity contribution in [3.8, 4) is 16.3 Å². The van der Waals surface area contributed by atoms with E-state index < -0.39 is 22.0 Å². The van der Waals surface area contributed by atoms with E-state index in [-0.39, 0.29) is 23.0 Å². The Balaban J connectivity index is 1.92. The summed E-state index contributed by atoms with van der Waals surface area (Å²) in [7, 11) is -2.44. The van der Waals surface area contributed by atoms with Crippen molar-refractivity contribution in [1.29, 1.82) is 0 Å². The summed E-state index contributed by atoms with van der Waals surface area (Å²) in [6.07, 6.45) is 1.24. The number of rotatable bonds is 8. The van der Waals surface area contributed by atoms with Crippen molar-refractivity contribution in [2.24, 2.45) is 0 Å². The summed E-state index contributed by atoms with van der Waals surface area (Å²) in [5, 5.41) is 12.0. The molecule has 0 saturated carbocycles. The van der Waals surface area contributed by atoms with Gasteiger partial charge < -0.3 is 4.74 Å². The van der Waals surface area contributed by atoms with Gasteiger partial charge in [0.2, 0.25) is 21.1 Å². The Bertz CT molecular complexity index is 1170. The topological polar surface area (TPSA) is 101 Å². The lowest BCUT2D eigenvalue weighted by molar-refractivity contribution is -0.117. The third-order valence-corrected chi connectivity index (χ3v) is 6.67. The summed E-state index contributed by atoms with van der Waals surface area (Å²) >= 11 is 7.29. The number of carbonyl (C=O) groups is 1. The molecule has 164 valence electrons. The summed E-state index contributed by atoms with van der Waals surface area (Å²) in [6, 6.07) is 13.0. The first-order valence-electron chi connectivity index (χ1n) is 9.27. The number of amides is 1. The van der Waals surface area contributed by atoms with Gasteiger partial charge in [-0.05, 0) is 24.6 Å². The fraction of sp³-hybridized carbons (Fsp3) is 0.250. The molecule has 8 nitrogen and oxygen atoms in total. The Labute approximate surface area is 189 Å². The van der Waals surface area contributed by atoms with E-state index in [1.54, 1.807) is 19.1 Å². The number of sulfonamides is 1. The van der Waals surface area contributed by atoms with Gasteiger partial charge in [-0.25, -0.2) is 8.42 Å². The second-order valence-electron chi connectivity index (χ2n) is 6.57. The van der Waals surface area contributed by atoms with E-state index in [0.29, 0.717) is 10.0 Å². The van der Waals surface area contributed by atoms with E-state index in [1.807, 2.05) is 30.3 Å². The maximum absolute atomic E-state index is 13.1. The lowest BCUT2D eigenvalue weighted by Gasteiger charge is -2.30. The van der Waals surface area contributed by atoms with Crippen molar-refractivity contribution < 1.29 is 17.9 Å². The van der Waals surface area contributed by atoms with Gasteiger partial charge in [-0.15, -0.1) is 10.2 Å². The number of ether oxygens (including phenoxy) is 1. The molecule has 3 rings (SSSR count). The second kappa shape index (κ2) is 9.63. The molecular weight excluding hydrogens is 460 g/mol. The highest BCUT2D eigenvalue weighted by atomic mass is 35.5. The van der Waals surface area contributed by atoms with Gasteiger partial charge in [-0.1, -0.05) is 60.2 Å². The normalized spacial score (nSPS) is 12.3. The molecule has 0 bridgehead atoms. The highest BCUT2D eigenvalue weighted by Crippen LogP contribution is 2.35. The second-order valence-corrected chi connectivity index (χ2v) is 9.84. The summed E-state index contributed by atoms with van der Waals surface area (Å²) < 4.78 is 31.7. The molecule has 1 aromatic heterocycles. The number of carbonyl (C=O) groups excluding carboxylic acids is 1. The van der Waals surface area contributed by atoms with Crippen LogP contribution in [-0.4, -0.2) is 43.9 Å². The van der Waals surface area contributed by atoms with Crippen molar-refractivity contribution in [3.63, 3.8) is 0 Å². The number of nitrogens with one attached hydrogen (secondary N) is 1. The molecule has 0 unspecified atom stereocenters. The van der Waals surface area contributed by atoms with Crippen LogP contribution in [0.25, 0.3) is 10.6 Å². The van der Waals surface area contributed by atoms with Gasteiger partial charge in [0.05, 0.1) is 19.1 Å². The lowest BCUT2D eigenvalue weighted by Crippen LogP contribution is -2.47. The van der Waals surface area contributed by atoms with E-state index in [0.717, 1.165) is 16.1 Å². The average Bonchev–Trinajstić information content (AvgIpc) is 3.20. The zero-order valence-electron chi connectivity index (χ0n) is 17.1. The first kappa shape index (κ1) is 23.0. The first-order valence-corrected chi connectivity index (χ1v) is 12.3. The molecule has 1 N–H and O–H groups in total. The van der Waals surface area contributed by atoms with Gasteiger partial charge in [-0.3, -0.25) is 14.4 Å². The third kappa shape index (κ3) is 5.33. The number of halogens is 1. The molecule has 3 aromatic rings. The van der Waals surface area contributed by atoms with Crippen LogP contribution >= 0.6 is 22.9 Å². The Morgan fingerprint density at radius 2 is 1.94 bits per heavy atom. The number of anilines is 2. The lowest BCUT2D eigenvalue weighted by atomic mass is 10.2. The number of benzene rings is 2. The summed E-state index contributed by atoms with van der Waals surface area (Å²) in [5.41, 5.74) is 1.05. The minimum absolute atomic E-state index is 0.182. The minimum atomic E-state index is -3.85. The molecule has 1 atom stereocenters. The van der Waals surface area contributed by atoms with E-state index in [4.69, 9.17) is 16.3 Å². The minimum Gasteiger partial charge on any atom is -0.495 e. The molecule has 0 fully saturated rings. The maximum atomic E-state index is 13.1. The van der Waals surface area contributed by atoms with Crippen LogP contribution < -0.4 is 14.4 Å². The van der Waals surface area contributed by atoms with Gasteiger partial charge in [0, 0.05) is 10.6 Å². The monoisotopic (exact) mass is 480 g/mol. The molecule has 0 radical (unpaired) electrons. The fourth-order valence-corrected chi connectivity index (χ4v) is 5.16. The van der Waals surface area contributed by atoms with Crippen molar-refractivity contribution in [2.45, 2.75) is 19.4 Å². The summed E-state index contributed by atoms with van der Waals surface area (Å²) in [4.78, 5) is 13.1. The molecule has 11 heteroatoms. The zero-order chi connectivity index (χ0) is 22.6. The molecule has 1 amide bonds. The molecule has 0 spiro atoms. The van der Waals surface area contributed by atoms with Crippen molar-refractivity contribution >= 4 is 49.7 Å². The van der Waals surface area contributed by atoms with Crippen LogP contribution in [0.15, 0.2) is 48.5 Å². The quantitative estimate of drug-likeness (QED) is 0.522. The highest BCUT2D eigenvalue weighted by Gasteiger charge is 2.34. The van der Waals surface area contributed by atoms with Crippen molar-refractivity contribution in [1.82, 2.24) is 10.2 Å². The standard InChI is InChI=1S/C20H21ClN4O4S2/c1-4-15(25(31(3,27)28)16-12-14(21)10-11-17(16)29-2)18(26)22-20-24-23-19(30-20)13-8-6-5-7-9-13/h5-12,15H,4H2,1-3H3,(H,22,24,26)/t15-/m1/s1. The van der Waals surface area contributed by atoms with Crippen LogP contribution in [0.3, 0.4) is 0 Å².